The summed E-state index contributed by atoms with van der Waals surface area (Å²) in [5, 5.41) is 8.72. The van der Waals surface area contributed by atoms with Crippen LogP contribution in [0, 0.1) is 11.3 Å². The number of rotatable bonds is 2. The van der Waals surface area contributed by atoms with E-state index in [4.69, 9.17) is 15.7 Å². The van der Waals surface area contributed by atoms with Gasteiger partial charge in [-0.3, -0.25) is 0 Å². The smallest absolute Gasteiger partial charge is 0.245 e. The average molecular weight is 267 g/mol. The molecule has 6 nitrogen and oxygen atoms in total. The molecule has 0 amide bonds. The van der Waals surface area contributed by atoms with Crippen molar-refractivity contribution < 1.29 is 13.2 Å². The summed E-state index contributed by atoms with van der Waals surface area (Å²) >= 11 is 0. The van der Waals surface area contributed by atoms with Crippen LogP contribution in [0.15, 0.2) is 23.1 Å². The van der Waals surface area contributed by atoms with Crippen molar-refractivity contribution in [2.24, 2.45) is 0 Å². The fourth-order valence-corrected chi connectivity index (χ4v) is 3.28. The van der Waals surface area contributed by atoms with Crippen molar-refractivity contribution in [2.75, 3.05) is 32.0 Å². The Bertz CT molecular complexity index is 586. The van der Waals surface area contributed by atoms with E-state index in [9.17, 15) is 8.42 Å². The van der Waals surface area contributed by atoms with Gasteiger partial charge in [0.25, 0.3) is 0 Å². The topological polar surface area (TPSA) is 96.4 Å². The molecule has 0 spiro atoms. The van der Waals surface area contributed by atoms with Gasteiger partial charge in [-0.2, -0.15) is 9.57 Å². The summed E-state index contributed by atoms with van der Waals surface area (Å²) in [7, 11) is -3.60. The summed E-state index contributed by atoms with van der Waals surface area (Å²) in [5.74, 6) is 0. The number of ether oxygens (including phenoxy) is 1. The lowest BCUT2D eigenvalue weighted by atomic mass is 10.2. The predicted molar refractivity (Wildman–Crippen MR) is 65.1 cm³/mol. The molecule has 0 aromatic heterocycles. The third-order valence-corrected chi connectivity index (χ3v) is 4.70. The van der Waals surface area contributed by atoms with Crippen molar-refractivity contribution >= 4 is 15.7 Å². The van der Waals surface area contributed by atoms with Crippen LogP contribution in [0.2, 0.25) is 0 Å². The number of hydrogen-bond acceptors (Lipinski definition) is 5. The van der Waals surface area contributed by atoms with E-state index in [1.807, 2.05) is 6.07 Å². The van der Waals surface area contributed by atoms with Crippen LogP contribution in [0.5, 0.6) is 0 Å². The van der Waals surface area contributed by atoms with Gasteiger partial charge in [0.05, 0.1) is 30.5 Å². The van der Waals surface area contributed by atoms with Crippen molar-refractivity contribution in [1.82, 2.24) is 4.31 Å². The summed E-state index contributed by atoms with van der Waals surface area (Å²) in [4.78, 5) is 0.0448. The van der Waals surface area contributed by atoms with E-state index in [1.54, 1.807) is 0 Å². The van der Waals surface area contributed by atoms with Crippen LogP contribution in [-0.2, 0) is 14.8 Å². The molecule has 1 fully saturated rings. The van der Waals surface area contributed by atoms with E-state index < -0.39 is 10.0 Å². The molecular formula is C11H13N3O3S. The van der Waals surface area contributed by atoms with Crippen molar-refractivity contribution in [3.8, 4) is 6.07 Å². The fraction of sp³-hybridized carbons (Fsp3) is 0.364. The lowest BCUT2D eigenvalue weighted by Gasteiger charge is -2.26. The lowest BCUT2D eigenvalue weighted by molar-refractivity contribution is 0.0730. The number of benzene rings is 1. The Kier molecular flexibility index (Phi) is 3.52. The maximum absolute atomic E-state index is 12.3. The largest absolute Gasteiger partial charge is 0.398 e. The van der Waals surface area contributed by atoms with Crippen molar-refractivity contribution in [3.05, 3.63) is 23.8 Å². The molecule has 1 aliphatic rings. The minimum Gasteiger partial charge on any atom is -0.398 e. The molecule has 1 aliphatic heterocycles. The van der Waals surface area contributed by atoms with Gasteiger partial charge in [-0.25, -0.2) is 8.42 Å². The number of nitrogens with two attached hydrogens (primary N) is 1. The lowest BCUT2D eigenvalue weighted by Crippen LogP contribution is -2.40. The van der Waals surface area contributed by atoms with Crippen LogP contribution in [-0.4, -0.2) is 39.0 Å². The molecule has 0 aliphatic carbocycles. The molecule has 18 heavy (non-hydrogen) atoms. The van der Waals surface area contributed by atoms with Crippen LogP contribution in [0.1, 0.15) is 5.56 Å². The minimum atomic E-state index is -3.60. The van der Waals surface area contributed by atoms with E-state index in [1.165, 1.54) is 22.5 Å². The average Bonchev–Trinajstić information content (AvgIpc) is 2.39. The van der Waals surface area contributed by atoms with Gasteiger partial charge < -0.3 is 10.5 Å². The molecule has 1 heterocycles. The van der Waals surface area contributed by atoms with Crippen LogP contribution >= 0.6 is 0 Å². The summed E-state index contributed by atoms with van der Waals surface area (Å²) < 4.78 is 31.1. The van der Waals surface area contributed by atoms with Crippen LogP contribution in [0.4, 0.5) is 5.69 Å². The van der Waals surface area contributed by atoms with Crippen molar-refractivity contribution in [1.29, 1.82) is 5.26 Å². The van der Waals surface area contributed by atoms with Gasteiger partial charge in [0.15, 0.2) is 0 Å². The van der Waals surface area contributed by atoms with Crippen molar-refractivity contribution in [2.45, 2.75) is 4.90 Å². The van der Waals surface area contributed by atoms with E-state index in [2.05, 4.69) is 0 Å². The molecular weight excluding hydrogens is 254 g/mol. The molecule has 0 unspecified atom stereocenters. The van der Waals surface area contributed by atoms with E-state index in [-0.39, 0.29) is 10.6 Å². The van der Waals surface area contributed by atoms with Gasteiger partial charge in [0.2, 0.25) is 10.0 Å². The van der Waals surface area contributed by atoms with E-state index in [0.717, 1.165) is 0 Å². The Morgan fingerprint density at radius 2 is 2.00 bits per heavy atom. The Hall–Kier alpha value is -1.62. The molecule has 2 rings (SSSR count). The zero-order chi connectivity index (χ0) is 13.2. The standard InChI is InChI=1S/C11H13N3O3S/c12-8-9-1-2-11(10(13)7-9)18(15,16)14-3-5-17-6-4-14/h1-2,7H,3-6,13H2. The first-order valence-corrected chi connectivity index (χ1v) is 6.87. The van der Waals surface area contributed by atoms with Crippen LogP contribution < -0.4 is 5.73 Å². The fourth-order valence-electron chi connectivity index (χ4n) is 1.78. The molecule has 96 valence electrons. The monoisotopic (exact) mass is 267 g/mol. The predicted octanol–water partition coefficient (Wildman–Crippen LogP) is 0.161. The molecule has 0 radical (unpaired) electrons. The van der Waals surface area contributed by atoms with E-state index in [0.29, 0.717) is 31.9 Å². The highest BCUT2D eigenvalue weighted by molar-refractivity contribution is 7.89. The highest BCUT2D eigenvalue weighted by atomic mass is 32.2. The normalized spacial score (nSPS) is 17.3. The Balaban J connectivity index is 2.38. The molecule has 0 bridgehead atoms. The van der Waals surface area contributed by atoms with Gasteiger partial charge in [-0.1, -0.05) is 0 Å². The third kappa shape index (κ3) is 2.31. The first-order valence-electron chi connectivity index (χ1n) is 5.43. The molecule has 7 heteroatoms. The van der Waals surface area contributed by atoms with Gasteiger partial charge >= 0.3 is 0 Å². The number of nitrogen functional groups attached to an aromatic ring is 1. The maximum Gasteiger partial charge on any atom is 0.245 e. The molecule has 0 atom stereocenters. The summed E-state index contributed by atoms with van der Waals surface area (Å²) in [6.45, 7) is 1.41. The van der Waals surface area contributed by atoms with Crippen LogP contribution in [0.25, 0.3) is 0 Å². The third-order valence-electron chi connectivity index (χ3n) is 2.73. The molecule has 1 aromatic rings. The number of sulfonamides is 1. The van der Waals surface area contributed by atoms with Gasteiger partial charge in [-0.15, -0.1) is 0 Å². The second kappa shape index (κ2) is 4.94. The highest BCUT2D eigenvalue weighted by Gasteiger charge is 2.27. The second-order valence-electron chi connectivity index (χ2n) is 3.88. The van der Waals surface area contributed by atoms with Crippen molar-refractivity contribution in [3.63, 3.8) is 0 Å². The SMILES string of the molecule is N#Cc1ccc(S(=O)(=O)N2CCOCC2)c(N)c1. The van der Waals surface area contributed by atoms with Gasteiger partial charge in [0.1, 0.15) is 4.90 Å². The number of nitriles is 1. The summed E-state index contributed by atoms with van der Waals surface area (Å²) in [6, 6.07) is 6.11. The summed E-state index contributed by atoms with van der Waals surface area (Å²) in [5.41, 5.74) is 6.14. The Labute approximate surface area is 106 Å². The second-order valence-corrected chi connectivity index (χ2v) is 5.79. The number of morpholine rings is 1. The molecule has 1 aromatic carbocycles. The molecule has 2 N–H and O–H groups in total. The quantitative estimate of drug-likeness (QED) is 0.770. The number of hydrogen-bond donors (Lipinski definition) is 1. The number of nitrogens with zero attached hydrogens (tertiary/aromatic N) is 2. The zero-order valence-electron chi connectivity index (χ0n) is 9.67. The zero-order valence-corrected chi connectivity index (χ0v) is 10.5. The van der Waals surface area contributed by atoms with Gasteiger partial charge in [-0.05, 0) is 18.2 Å². The van der Waals surface area contributed by atoms with Gasteiger partial charge in [0, 0.05) is 13.1 Å². The highest BCUT2D eigenvalue weighted by Crippen LogP contribution is 2.23. The maximum atomic E-state index is 12.3. The Morgan fingerprint density at radius 1 is 1.33 bits per heavy atom. The first kappa shape index (κ1) is 12.8. The molecule has 1 saturated heterocycles. The van der Waals surface area contributed by atoms with E-state index >= 15 is 0 Å². The molecule has 0 saturated carbocycles. The number of anilines is 1. The van der Waals surface area contributed by atoms with Crippen LogP contribution in [0.3, 0.4) is 0 Å². The first-order chi connectivity index (χ1) is 8.55. The summed E-state index contributed by atoms with van der Waals surface area (Å²) in [6.07, 6.45) is 0. The minimum absolute atomic E-state index is 0.0448. The Morgan fingerprint density at radius 3 is 2.56 bits per heavy atom.